The fourth-order valence-corrected chi connectivity index (χ4v) is 6.30. The first-order valence-corrected chi connectivity index (χ1v) is 13.1. The van der Waals surface area contributed by atoms with Crippen LogP contribution in [0.15, 0.2) is 41.3 Å². The van der Waals surface area contributed by atoms with Crippen LogP contribution in [0, 0.1) is 6.92 Å². The molecule has 9 heteroatoms. The van der Waals surface area contributed by atoms with Crippen molar-refractivity contribution >= 4 is 27.5 Å². The highest BCUT2D eigenvalue weighted by Crippen LogP contribution is 2.33. The van der Waals surface area contributed by atoms with Crippen molar-refractivity contribution in [3.63, 3.8) is 0 Å². The zero-order chi connectivity index (χ0) is 23.8. The number of amides is 1. The number of morpholine rings is 1. The Morgan fingerprint density at radius 1 is 1.03 bits per heavy atom. The van der Waals surface area contributed by atoms with E-state index in [9.17, 15) is 13.2 Å². The van der Waals surface area contributed by atoms with Crippen molar-refractivity contribution < 1.29 is 17.9 Å². The number of sulfonamides is 1. The van der Waals surface area contributed by atoms with Crippen molar-refractivity contribution in [3.05, 3.63) is 58.4 Å². The number of halogens is 1. The molecule has 2 unspecified atom stereocenters. The standard InChI is InChI=1S/C24H30ClN3O4S/c1-16-4-9-22(24(29)27-14-17(2)32-18(3)15-27)23(26-16)19-10-12-28(13-11-19)33(30,31)21-7-5-20(25)6-8-21/h4-9,17-19H,10-15H2,1-3H3. The van der Waals surface area contributed by atoms with Gasteiger partial charge >= 0.3 is 0 Å². The number of benzene rings is 1. The normalized spacial score (nSPS) is 23.0. The van der Waals surface area contributed by atoms with Crippen molar-refractivity contribution in [2.24, 2.45) is 0 Å². The molecule has 3 heterocycles. The molecule has 2 aliphatic rings. The van der Waals surface area contributed by atoms with Gasteiger partial charge in [-0.25, -0.2) is 8.42 Å². The van der Waals surface area contributed by atoms with Gasteiger partial charge in [0.2, 0.25) is 10.0 Å². The van der Waals surface area contributed by atoms with Gasteiger partial charge in [-0.2, -0.15) is 4.31 Å². The van der Waals surface area contributed by atoms with Crippen LogP contribution in [-0.4, -0.2) is 66.9 Å². The maximum atomic E-state index is 13.4. The molecule has 2 atom stereocenters. The van der Waals surface area contributed by atoms with Gasteiger partial charge in [-0.3, -0.25) is 9.78 Å². The number of carbonyl (C=O) groups excluding carboxylic acids is 1. The third-order valence-electron chi connectivity index (χ3n) is 6.29. The second-order valence-corrected chi connectivity index (χ2v) is 11.4. The largest absolute Gasteiger partial charge is 0.372 e. The lowest BCUT2D eigenvalue weighted by Gasteiger charge is -2.36. The highest BCUT2D eigenvalue weighted by molar-refractivity contribution is 7.89. The lowest BCUT2D eigenvalue weighted by atomic mass is 9.90. The van der Waals surface area contributed by atoms with E-state index in [1.807, 2.05) is 37.8 Å². The summed E-state index contributed by atoms with van der Waals surface area (Å²) in [6, 6.07) is 9.97. The van der Waals surface area contributed by atoms with Gasteiger partial charge in [0.1, 0.15) is 0 Å². The van der Waals surface area contributed by atoms with Crippen LogP contribution in [-0.2, 0) is 14.8 Å². The summed E-state index contributed by atoms with van der Waals surface area (Å²) in [4.78, 5) is 20.2. The molecule has 0 aliphatic carbocycles. The molecule has 0 saturated carbocycles. The number of nitrogens with zero attached hydrogens (tertiary/aromatic N) is 3. The van der Waals surface area contributed by atoms with E-state index in [0.29, 0.717) is 49.6 Å². The minimum atomic E-state index is -3.58. The molecule has 4 rings (SSSR count). The molecule has 2 saturated heterocycles. The van der Waals surface area contributed by atoms with Crippen molar-refractivity contribution in [2.75, 3.05) is 26.2 Å². The molecule has 33 heavy (non-hydrogen) atoms. The Hall–Kier alpha value is -2.00. The van der Waals surface area contributed by atoms with E-state index in [4.69, 9.17) is 21.3 Å². The molecule has 0 N–H and O–H groups in total. The summed E-state index contributed by atoms with van der Waals surface area (Å²) in [6.45, 7) is 7.72. The molecular weight excluding hydrogens is 462 g/mol. The summed E-state index contributed by atoms with van der Waals surface area (Å²) in [6.07, 6.45) is 1.20. The molecule has 2 aliphatic heterocycles. The minimum Gasteiger partial charge on any atom is -0.372 e. The summed E-state index contributed by atoms with van der Waals surface area (Å²) in [7, 11) is -3.58. The quantitative estimate of drug-likeness (QED) is 0.648. The van der Waals surface area contributed by atoms with Crippen LogP contribution in [0.1, 0.15) is 54.4 Å². The number of hydrogen-bond acceptors (Lipinski definition) is 5. The van der Waals surface area contributed by atoms with Gasteiger partial charge < -0.3 is 9.64 Å². The molecule has 7 nitrogen and oxygen atoms in total. The average Bonchev–Trinajstić information content (AvgIpc) is 2.78. The zero-order valence-corrected chi connectivity index (χ0v) is 20.8. The fraction of sp³-hybridized carbons (Fsp3) is 0.500. The van der Waals surface area contributed by atoms with E-state index in [-0.39, 0.29) is 28.9 Å². The Kier molecular flexibility index (Phi) is 7.09. The summed E-state index contributed by atoms with van der Waals surface area (Å²) >= 11 is 5.91. The van der Waals surface area contributed by atoms with Crippen molar-refractivity contribution in [1.29, 1.82) is 0 Å². The van der Waals surface area contributed by atoms with Gasteiger partial charge in [-0.1, -0.05) is 11.6 Å². The van der Waals surface area contributed by atoms with Crippen molar-refractivity contribution in [1.82, 2.24) is 14.2 Å². The van der Waals surface area contributed by atoms with Gasteiger partial charge in [0.25, 0.3) is 5.91 Å². The Bertz CT molecular complexity index is 1110. The molecule has 2 fully saturated rings. The van der Waals surface area contributed by atoms with Crippen LogP contribution in [0.2, 0.25) is 5.02 Å². The van der Waals surface area contributed by atoms with Gasteiger partial charge in [0, 0.05) is 42.8 Å². The molecular formula is C24H30ClN3O4S. The monoisotopic (exact) mass is 491 g/mol. The van der Waals surface area contributed by atoms with Gasteiger partial charge in [-0.15, -0.1) is 0 Å². The topological polar surface area (TPSA) is 79.8 Å². The van der Waals surface area contributed by atoms with E-state index < -0.39 is 10.0 Å². The Morgan fingerprint density at radius 3 is 2.24 bits per heavy atom. The predicted molar refractivity (Wildman–Crippen MR) is 127 cm³/mol. The first-order valence-electron chi connectivity index (χ1n) is 11.3. The average molecular weight is 492 g/mol. The van der Waals surface area contributed by atoms with Crippen LogP contribution in [0.3, 0.4) is 0 Å². The molecule has 0 spiro atoms. The number of pyridine rings is 1. The number of carbonyl (C=O) groups is 1. The van der Waals surface area contributed by atoms with E-state index in [1.54, 1.807) is 12.1 Å². The molecule has 0 radical (unpaired) electrons. The Labute approximate surface area is 200 Å². The van der Waals surface area contributed by atoms with Crippen LogP contribution in [0.4, 0.5) is 0 Å². The fourth-order valence-electron chi connectivity index (χ4n) is 4.71. The first-order chi connectivity index (χ1) is 15.6. The predicted octanol–water partition coefficient (Wildman–Crippen LogP) is 3.86. The van der Waals surface area contributed by atoms with Crippen molar-refractivity contribution in [2.45, 2.75) is 56.6 Å². The van der Waals surface area contributed by atoms with Gasteiger partial charge in [0.15, 0.2) is 0 Å². The first kappa shape index (κ1) is 24.1. The lowest BCUT2D eigenvalue weighted by molar-refractivity contribution is -0.0586. The Balaban J connectivity index is 1.52. The summed E-state index contributed by atoms with van der Waals surface area (Å²) < 4.78 is 33.4. The van der Waals surface area contributed by atoms with E-state index in [0.717, 1.165) is 11.4 Å². The highest BCUT2D eigenvalue weighted by atomic mass is 35.5. The summed E-state index contributed by atoms with van der Waals surface area (Å²) in [5.74, 6) is -0.00730. The summed E-state index contributed by atoms with van der Waals surface area (Å²) in [5.41, 5.74) is 2.23. The minimum absolute atomic E-state index is 0.0131. The van der Waals surface area contributed by atoms with E-state index in [1.165, 1.54) is 16.4 Å². The molecule has 1 amide bonds. The molecule has 0 bridgehead atoms. The smallest absolute Gasteiger partial charge is 0.255 e. The second-order valence-electron chi connectivity index (χ2n) is 8.99. The molecule has 1 aromatic heterocycles. The Morgan fingerprint density at radius 2 is 1.64 bits per heavy atom. The number of rotatable bonds is 4. The summed E-state index contributed by atoms with van der Waals surface area (Å²) in [5, 5.41) is 0.499. The van der Waals surface area contributed by atoms with Crippen LogP contribution >= 0.6 is 11.6 Å². The number of piperidine rings is 1. The number of hydrogen-bond donors (Lipinski definition) is 0. The third kappa shape index (κ3) is 5.24. The number of aromatic nitrogens is 1. The van der Waals surface area contributed by atoms with Crippen LogP contribution < -0.4 is 0 Å². The number of ether oxygens (including phenoxy) is 1. The van der Waals surface area contributed by atoms with E-state index in [2.05, 4.69) is 0 Å². The number of aryl methyl sites for hydroxylation is 1. The SMILES string of the molecule is Cc1ccc(C(=O)N2CC(C)OC(C)C2)c(C2CCN(S(=O)(=O)c3ccc(Cl)cc3)CC2)n1. The molecule has 1 aromatic carbocycles. The molecule has 2 aromatic rings. The van der Waals surface area contributed by atoms with Crippen LogP contribution in [0.5, 0.6) is 0 Å². The maximum Gasteiger partial charge on any atom is 0.255 e. The lowest BCUT2D eigenvalue weighted by Crippen LogP contribution is -2.48. The third-order valence-corrected chi connectivity index (χ3v) is 8.46. The van der Waals surface area contributed by atoms with Gasteiger partial charge in [0.05, 0.1) is 28.4 Å². The highest BCUT2D eigenvalue weighted by Gasteiger charge is 2.34. The van der Waals surface area contributed by atoms with E-state index >= 15 is 0 Å². The maximum absolute atomic E-state index is 13.4. The second kappa shape index (κ2) is 9.70. The van der Waals surface area contributed by atoms with Crippen molar-refractivity contribution in [3.8, 4) is 0 Å². The van der Waals surface area contributed by atoms with Crippen LogP contribution in [0.25, 0.3) is 0 Å². The zero-order valence-electron chi connectivity index (χ0n) is 19.2. The molecule has 178 valence electrons. The van der Waals surface area contributed by atoms with Gasteiger partial charge in [-0.05, 0) is 70.0 Å².